The zero-order chi connectivity index (χ0) is 14.6. The van der Waals surface area contributed by atoms with Gasteiger partial charge in [0.05, 0.1) is 12.5 Å². The Labute approximate surface area is 111 Å². The van der Waals surface area contributed by atoms with E-state index < -0.39 is 17.4 Å². The van der Waals surface area contributed by atoms with E-state index in [0.717, 1.165) is 0 Å². The van der Waals surface area contributed by atoms with Gasteiger partial charge in [-0.15, -0.1) is 0 Å². The smallest absolute Gasteiger partial charge is 0.339 e. The number of nitrogens with two attached hydrogens (primary N) is 1. The van der Waals surface area contributed by atoms with Gasteiger partial charge in [-0.25, -0.2) is 4.79 Å². The summed E-state index contributed by atoms with van der Waals surface area (Å²) in [6.45, 7) is 3.30. The van der Waals surface area contributed by atoms with Crippen molar-refractivity contribution in [3.05, 3.63) is 23.8 Å². The molecule has 0 bridgehead atoms. The van der Waals surface area contributed by atoms with Crippen molar-refractivity contribution in [1.82, 2.24) is 0 Å². The summed E-state index contributed by atoms with van der Waals surface area (Å²) in [5.41, 5.74) is 4.94. The van der Waals surface area contributed by atoms with Gasteiger partial charge in [-0.1, -0.05) is 0 Å². The summed E-state index contributed by atoms with van der Waals surface area (Å²) in [6, 6.07) is 4.31. The van der Waals surface area contributed by atoms with Crippen molar-refractivity contribution in [3.8, 4) is 5.75 Å². The molecule has 0 fully saturated rings. The molecule has 6 heteroatoms. The van der Waals surface area contributed by atoms with Crippen molar-refractivity contribution in [2.24, 2.45) is 5.41 Å². The Morgan fingerprint density at radius 1 is 1.37 bits per heavy atom. The highest BCUT2D eigenvalue weighted by Crippen LogP contribution is 2.25. The van der Waals surface area contributed by atoms with Crippen LogP contribution >= 0.6 is 0 Å². The Morgan fingerprint density at radius 3 is 2.53 bits per heavy atom. The van der Waals surface area contributed by atoms with E-state index in [4.69, 9.17) is 15.6 Å². The van der Waals surface area contributed by atoms with E-state index in [1.54, 1.807) is 13.8 Å². The number of hydrogen-bond donors (Lipinski definition) is 2. The molecule has 19 heavy (non-hydrogen) atoms. The number of ether oxygens (including phenoxy) is 2. The first-order valence-electron chi connectivity index (χ1n) is 5.62. The summed E-state index contributed by atoms with van der Waals surface area (Å²) in [5, 5.41) is 9.05. The highest BCUT2D eigenvalue weighted by molar-refractivity contribution is 5.92. The van der Waals surface area contributed by atoms with Crippen LogP contribution in [0, 0.1) is 5.41 Å². The maximum Gasteiger partial charge on any atom is 0.339 e. The normalized spacial score (nSPS) is 10.9. The number of hydrogen-bond acceptors (Lipinski definition) is 5. The van der Waals surface area contributed by atoms with Gasteiger partial charge < -0.3 is 20.3 Å². The quantitative estimate of drug-likeness (QED) is 0.620. The number of benzene rings is 1. The fraction of sp³-hybridized carbons (Fsp3) is 0.385. The second-order valence-corrected chi connectivity index (χ2v) is 4.72. The van der Waals surface area contributed by atoms with Gasteiger partial charge in [0.25, 0.3) is 0 Å². The first-order chi connectivity index (χ1) is 8.77. The van der Waals surface area contributed by atoms with Crippen LogP contribution in [0.2, 0.25) is 0 Å². The monoisotopic (exact) mass is 267 g/mol. The Balaban J connectivity index is 2.89. The lowest BCUT2D eigenvalue weighted by atomic mass is 9.95. The maximum absolute atomic E-state index is 11.5. The van der Waals surface area contributed by atoms with E-state index in [-0.39, 0.29) is 17.9 Å². The summed E-state index contributed by atoms with van der Waals surface area (Å²) < 4.78 is 10.0. The van der Waals surface area contributed by atoms with Gasteiger partial charge in [0.15, 0.2) is 0 Å². The summed E-state index contributed by atoms with van der Waals surface area (Å²) in [7, 11) is 1.29. The number of esters is 1. The Morgan fingerprint density at radius 2 is 2.00 bits per heavy atom. The van der Waals surface area contributed by atoms with Crippen molar-refractivity contribution in [2.45, 2.75) is 13.8 Å². The predicted molar refractivity (Wildman–Crippen MR) is 69.1 cm³/mol. The Bertz CT molecular complexity index is 496. The largest absolute Gasteiger partial charge is 0.492 e. The number of methoxy groups -OCH3 is 1. The van der Waals surface area contributed by atoms with Crippen LogP contribution in [-0.2, 0) is 9.53 Å². The lowest BCUT2D eigenvalue weighted by molar-refractivity contribution is -0.152. The molecule has 1 aromatic carbocycles. The second-order valence-electron chi connectivity index (χ2n) is 4.72. The highest BCUT2D eigenvalue weighted by Gasteiger charge is 2.30. The second kappa shape index (κ2) is 5.60. The SMILES string of the molecule is COC(=O)C(C)(C)COc1ccc(N)cc1C(=O)O. The number of nitrogen functional groups attached to an aromatic ring is 1. The molecule has 0 heterocycles. The molecule has 1 aromatic rings. The Hall–Kier alpha value is -2.24. The number of carboxylic acids is 1. The maximum atomic E-state index is 11.5. The molecule has 0 aromatic heterocycles. The molecule has 0 atom stereocenters. The summed E-state index contributed by atoms with van der Waals surface area (Å²) in [6.07, 6.45) is 0. The van der Waals surface area contributed by atoms with Gasteiger partial charge in [0.2, 0.25) is 0 Å². The lowest BCUT2D eigenvalue weighted by Gasteiger charge is -2.22. The molecule has 0 amide bonds. The number of carbonyl (C=O) groups excluding carboxylic acids is 1. The van der Waals surface area contributed by atoms with Crippen LogP contribution in [0.5, 0.6) is 5.75 Å². The predicted octanol–water partition coefficient (Wildman–Crippen LogP) is 1.54. The highest BCUT2D eigenvalue weighted by atomic mass is 16.5. The van der Waals surface area contributed by atoms with Gasteiger partial charge >= 0.3 is 11.9 Å². The van der Waals surface area contributed by atoms with Gasteiger partial charge in [-0.05, 0) is 32.0 Å². The molecule has 0 saturated carbocycles. The molecule has 0 aliphatic carbocycles. The number of anilines is 1. The lowest BCUT2D eigenvalue weighted by Crippen LogP contribution is -2.32. The van der Waals surface area contributed by atoms with Crippen molar-refractivity contribution < 1.29 is 24.2 Å². The molecule has 0 aliphatic heterocycles. The van der Waals surface area contributed by atoms with E-state index in [1.807, 2.05) is 0 Å². The Kier molecular flexibility index (Phi) is 4.37. The fourth-order valence-electron chi connectivity index (χ4n) is 1.43. The number of aromatic carboxylic acids is 1. The molecule has 104 valence electrons. The molecule has 0 aliphatic rings. The topological polar surface area (TPSA) is 98.9 Å². The first-order valence-corrected chi connectivity index (χ1v) is 5.62. The summed E-state index contributed by atoms with van der Waals surface area (Å²) in [5.74, 6) is -1.41. The molecule has 6 nitrogen and oxygen atoms in total. The third-order valence-corrected chi connectivity index (χ3v) is 2.56. The summed E-state index contributed by atoms with van der Waals surface area (Å²) in [4.78, 5) is 22.6. The van der Waals surface area contributed by atoms with Crippen molar-refractivity contribution in [3.63, 3.8) is 0 Å². The minimum atomic E-state index is -1.14. The van der Waals surface area contributed by atoms with Gasteiger partial charge in [-0.3, -0.25) is 4.79 Å². The molecule has 1 rings (SSSR count). The molecule has 0 unspecified atom stereocenters. The number of rotatable bonds is 5. The molecule has 0 spiro atoms. The van der Waals surface area contributed by atoms with Gasteiger partial charge in [0.1, 0.15) is 17.9 Å². The van der Waals surface area contributed by atoms with Crippen LogP contribution in [0.25, 0.3) is 0 Å². The third kappa shape index (κ3) is 3.61. The average Bonchev–Trinajstić information content (AvgIpc) is 2.36. The van der Waals surface area contributed by atoms with Crippen LogP contribution in [0.15, 0.2) is 18.2 Å². The standard InChI is InChI=1S/C13H17NO5/c1-13(2,12(17)18-3)7-19-10-5-4-8(14)6-9(10)11(15)16/h4-6H,7,14H2,1-3H3,(H,15,16). The molecule has 3 N–H and O–H groups in total. The minimum absolute atomic E-state index is 0.00384. The average molecular weight is 267 g/mol. The van der Waals surface area contributed by atoms with Gasteiger partial charge in [0, 0.05) is 5.69 Å². The number of carboxylic acid groups (broad SMARTS) is 1. The van der Waals surface area contributed by atoms with Crippen LogP contribution in [0.3, 0.4) is 0 Å². The zero-order valence-corrected chi connectivity index (χ0v) is 11.1. The van der Waals surface area contributed by atoms with Crippen LogP contribution in [0.1, 0.15) is 24.2 Å². The fourth-order valence-corrected chi connectivity index (χ4v) is 1.43. The van der Waals surface area contributed by atoms with Crippen LogP contribution < -0.4 is 10.5 Å². The van der Waals surface area contributed by atoms with Crippen LogP contribution in [0.4, 0.5) is 5.69 Å². The van der Waals surface area contributed by atoms with E-state index >= 15 is 0 Å². The molecule has 0 saturated heterocycles. The zero-order valence-electron chi connectivity index (χ0n) is 11.1. The first kappa shape index (κ1) is 14.8. The minimum Gasteiger partial charge on any atom is -0.492 e. The van der Waals surface area contributed by atoms with E-state index in [9.17, 15) is 9.59 Å². The van der Waals surface area contributed by atoms with E-state index in [2.05, 4.69) is 4.74 Å². The summed E-state index contributed by atoms with van der Waals surface area (Å²) >= 11 is 0. The van der Waals surface area contributed by atoms with Crippen molar-refractivity contribution >= 4 is 17.6 Å². The number of carbonyl (C=O) groups is 2. The van der Waals surface area contributed by atoms with E-state index in [0.29, 0.717) is 5.69 Å². The van der Waals surface area contributed by atoms with E-state index in [1.165, 1.54) is 25.3 Å². The molecular formula is C13H17NO5. The van der Waals surface area contributed by atoms with Crippen LogP contribution in [-0.4, -0.2) is 30.8 Å². The molecular weight excluding hydrogens is 250 g/mol. The van der Waals surface area contributed by atoms with Gasteiger partial charge in [-0.2, -0.15) is 0 Å². The molecule has 0 radical (unpaired) electrons. The van der Waals surface area contributed by atoms with Crippen molar-refractivity contribution in [2.75, 3.05) is 19.5 Å². The third-order valence-electron chi connectivity index (χ3n) is 2.56. The van der Waals surface area contributed by atoms with Crippen molar-refractivity contribution in [1.29, 1.82) is 0 Å².